The van der Waals surface area contributed by atoms with Crippen molar-refractivity contribution in [2.45, 2.75) is 24.5 Å². The Morgan fingerprint density at radius 2 is 2.14 bits per heavy atom. The first-order valence-electron chi connectivity index (χ1n) is 6.72. The number of imidazole rings is 1. The minimum Gasteiger partial charge on any atom is -0.323 e. The third kappa shape index (κ3) is 2.62. The summed E-state index contributed by atoms with van der Waals surface area (Å²) in [6.45, 7) is 1.82. The summed E-state index contributed by atoms with van der Waals surface area (Å²) in [5.74, 6) is 0.822. The second-order valence-electron chi connectivity index (χ2n) is 5.44. The number of likely N-dealkylation sites (tertiary alicyclic amines) is 1. The first-order chi connectivity index (χ1) is 9.90. The number of hydrogen-bond acceptors (Lipinski definition) is 2. The topological polar surface area (TPSA) is 21.1 Å². The Bertz CT molecular complexity index is 665. The molecule has 21 heavy (non-hydrogen) atoms. The van der Waals surface area contributed by atoms with Gasteiger partial charge in [-0.15, -0.1) is 11.6 Å². The lowest BCUT2D eigenvalue weighted by Crippen LogP contribution is -2.17. The molecule has 1 aliphatic heterocycles. The highest BCUT2D eigenvalue weighted by atomic mass is 35.5. The van der Waals surface area contributed by atoms with Crippen molar-refractivity contribution in [2.75, 3.05) is 20.1 Å². The van der Waals surface area contributed by atoms with Gasteiger partial charge < -0.3 is 9.47 Å². The molecule has 0 bridgehead atoms. The van der Waals surface area contributed by atoms with E-state index in [2.05, 4.69) is 9.88 Å². The normalized spacial score (nSPS) is 20.5. The number of hydrogen-bond donors (Lipinski definition) is 0. The number of halogens is 4. The van der Waals surface area contributed by atoms with E-state index in [1.807, 2.05) is 11.6 Å². The quantitative estimate of drug-likeness (QED) is 0.788. The van der Waals surface area contributed by atoms with Gasteiger partial charge in [0.2, 0.25) is 0 Å². The van der Waals surface area contributed by atoms with Gasteiger partial charge in [0.1, 0.15) is 5.82 Å². The number of benzene rings is 1. The first-order valence-corrected chi connectivity index (χ1v) is 7.26. The number of aromatic nitrogens is 2. The van der Waals surface area contributed by atoms with Gasteiger partial charge in [0.15, 0.2) is 0 Å². The summed E-state index contributed by atoms with van der Waals surface area (Å²) < 4.78 is 40.4. The fourth-order valence-electron chi connectivity index (χ4n) is 2.95. The molecule has 0 radical (unpaired) electrons. The SMILES string of the molecule is CN1CCC(n2c(CCl)nc3cc(C(F)(F)F)ccc32)C1. The van der Waals surface area contributed by atoms with Crippen molar-refractivity contribution in [1.29, 1.82) is 0 Å². The van der Waals surface area contributed by atoms with Crippen LogP contribution >= 0.6 is 11.6 Å². The molecule has 0 spiro atoms. The van der Waals surface area contributed by atoms with Crippen LogP contribution in [-0.2, 0) is 12.1 Å². The van der Waals surface area contributed by atoms with Crippen LogP contribution in [0.25, 0.3) is 11.0 Å². The van der Waals surface area contributed by atoms with Gasteiger partial charge in [0.05, 0.1) is 22.5 Å². The Balaban J connectivity index is 2.11. The molecule has 1 aromatic heterocycles. The predicted octanol–water partition coefficient (Wildman–Crippen LogP) is 3.67. The molecule has 0 saturated carbocycles. The highest BCUT2D eigenvalue weighted by Crippen LogP contribution is 2.33. The van der Waals surface area contributed by atoms with E-state index in [0.29, 0.717) is 11.3 Å². The van der Waals surface area contributed by atoms with Crippen molar-refractivity contribution < 1.29 is 13.2 Å². The van der Waals surface area contributed by atoms with Crippen LogP contribution in [0.5, 0.6) is 0 Å². The van der Waals surface area contributed by atoms with E-state index in [1.54, 1.807) is 0 Å². The van der Waals surface area contributed by atoms with Crippen LogP contribution in [0.4, 0.5) is 13.2 Å². The molecule has 2 aromatic rings. The Morgan fingerprint density at radius 3 is 2.71 bits per heavy atom. The van der Waals surface area contributed by atoms with Crippen LogP contribution in [0.1, 0.15) is 23.9 Å². The molecule has 1 aromatic carbocycles. The van der Waals surface area contributed by atoms with Crippen molar-refractivity contribution in [2.24, 2.45) is 0 Å². The Kier molecular flexibility index (Phi) is 3.61. The molecule has 3 rings (SSSR count). The van der Waals surface area contributed by atoms with E-state index in [0.717, 1.165) is 37.2 Å². The third-order valence-electron chi connectivity index (χ3n) is 3.94. The lowest BCUT2D eigenvalue weighted by molar-refractivity contribution is -0.137. The molecule has 0 aliphatic carbocycles. The fourth-order valence-corrected chi connectivity index (χ4v) is 3.14. The zero-order chi connectivity index (χ0) is 15.2. The summed E-state index contributed by atoms with van der Waals surface area (Å²) in [6.07, 6.45) is -3.40. The molecule has 2 heterocycles. The minimum atomic E-state index is -4.35. The van der Waals surface area contributed by atoms with E-state index in [9.17, 15) is 13.2 Å². The van der Waals surface area contributed by atoms with E-state index >= 15 is 0 Å². The summed E-state index contributed by atoms with van der Waals surface area (Å²) in [6, 6.07) is 3.92. The number of likely N-dealkylation sites (N-methyl/N-ethyl adjacent to an activating group) is 1. The number of fused-ring (bicyclic) bond motifs is 1. The van der Waals surface area contributed by atoms with Crippen molar-refractivity contribution in [3.63, 3.8) is 0 Å². The van der Waals surface area contributed by atoms with Gasteiger partial charge in [-0.25, -0.2) is 4.98 Å². The third-order valence-corrected chi connectivity index (χ3v) is 4.18. The molecule has 0 N–H and O–H groups in total. The van der Waals surface area contributed by atoms with Gasteiger partial charge >= 0.3 is 6.18 Å². The Labute approximate surface area is 125 Å². The Morgan fingerprint density at radius 1 is 1.38 bits per heavy atom. The van der Waals surface area contributed by atoms with Gasteiger partial charge in [-0.1, -0.05) is 0 Å². The molecule has 1 aliphatic rings. The molecule has 1 fully saturated rings. The minimum absolute atomic E-state index is 0.191. The van der Waals surface area contributed by atoms with Crippen LogP contribution < -0.4 is 0 Å². The van der Waals surface area contributed by atoms with Crippen molar-refractivity contribution in [3.8, 4) is 0 Å². The standard InChI is InChI=1S/C14H15ClF3N3/c1-20-5-4-10(8-20)21-12-3-2-9(14(16,17)18)6-11(12)19-13(21)7-15/h2-3,6,10H,4-5,7-8H2,1H3. The van der Waals surface area contributed by atoms with Crippen molar-refractivity contribution in [3.05, 3.63) is 29.6 Å². The smallest absolute Gasteiger partial charge is 0.323 e. The molecular weight excluding hydrogens is 303 g/mol. The van der Waals surface area contributed by atoms with E-state index in [4.69, 9.17) is 11.6 Å². The summed E-state index contributed by atoms with van der Waals surface area (Å²) in [5.41, 5.74) is 0.401. The van der Waals surface area contributed by atoms with Gasteiger partial charge in [0, 0.05) is 12.6 Å². The molecule has 3 nitrogen and oxygen atoms in total. The van der Waals surface area contributed by atoms with Crippen LogP contribution in [0.15, 0.2) is 18.2 Å². The largest absolute Gasteiger partial charge is 0.416 e. The highest BCUT2D eigenvalue weighted by molar-refractivity contribution is 6.16. The average Bonchev–Trinajstić information content (AvgIpc) is 2.99. The summed E-state index contributed by atoms with van der Waals surface area (Å²) in [7, 11) is 2.03. The maximum Gasteiger partial charge on any atom is 0.416 e. The van der Waals surface area contributed by atoms with Crippen molar-refractivity contribution in [1.82, 2.24) is 14.5 Å². The molecule has 1 unspecified atom stereocenters. The Hall–Kier alpha value is -1.27. The average molecular weight is 318 g/mol. The fraction of sp³-hybridized carbons (Fsp3) is 0.500. The molecule has 7 heteroatoms. The zero-order valence-electron chi connectivity index (χ0n) is 11.5. The van der Waals surface area contributed by atoms with Gasteiger partial charge in [-0.3, -0.25) is 0 Å². The molecule has 114 valence electrons. The second kappa shape index (κ2) is 5.18. The van der Waals surface area contributed by atoms with Gasteiger partial charge in [-0.2, -0.15) is 13.2 Å². The maximum absolute atomic E-state index is 12.8. The number of rotatable bonds is 2. The lowest BCUT2D eigenvalue weighted by atomic mass is 10.2. The first kappa shape index (κ1) is 14.7. The molecule has 0 amide bonds. The molecule has 1 atom stereocenters. The van der Waals surface area contributed by atoms with Gasteiger partial charge in [-0.05, 0) is 38.2 Å². The van der Waals surface area contributed by atoms with E-state index < -0.39 is 11.7 Å². The van der Waals surface area contributed by atoms with Gasteiger partial charge in [0.25, 0.3) is 0 Å². The van der Waals surface area contributed by atoms with Crippen LogP contribution in [-0.4, -0.2) is 34.6 Å². The highest BCUT2D eigenvalue weighted by Gasteiger charge is 2.32. The number of nitrogens with zero attached hydrogens (tertiary/aromatic N) is 3. The van der Waals surface area contributed by atoms with Crippen LogP contribution in [0, 0.1) is 0 Å². The summed E-state index contributed by atoms with van der Waals surface area (Å²) in [4.78, 5) is 6.48. The second-order valence-corrected chi connectivity index (χ2v) is 5.70. The van der Waals surface area contributed by atoms with E-state index in [1.165, 1.54) is 6.07 Å². The molecule has 1 saturated heterocycles. The van der Waals surface area contributed by atoms with Crippen LogP contribution in [0.2, 0.25) is 0 Å². The van der Waals surface area contributed by atoms with E-state index in [-0.39, 0.29) is 11.9 Å². The van der Waals surface area contributed by atoms with Crippen LogP contribution in [0.3, 0.4) is 0 Å². The summed E-state index contributed by atoms with van der Waals surface area (Å²) in [5, 5.41) is 0. The molecular formula is C14H15ClF3N3. The number of alkyl halides is 4. The maximum atomic E-state index is 12.8. The summed E-state index contributed by atoms with van der Waals surface area (Å²) >= 11 is 5.93. The predicted molar refractivity (Wildman–Crippen MR) is 75.4 cm³/mol. The zero-order valence-corrected chi connectivity index (χ0v) is 12.2. The van der Waals surface area contributed by atoms with Crippen molar-refractivity contribution >= 4 is 22.6 Å². The monoisotopic (exact) mass is 317 g/mol. The lowest BCUT2D eigenvalue weighted by Gasteiger charge is -2.16.